The molecule has 0 aliphatic heterocycles. The van der Waals surface area contributed by atoms with Crippen molar-refractivity contribution in [1.29, 1.82) is 0 Å². The van der Waals surface area contributed by atoms with Gasteiger partial charge in [0.05, 0.1) is 11.3 Å². The van der Waals surface area contributed by atoms with Crippen LogP contribution in [0.5, 0.6) is 0 Å². The molecular formula is C26H27N3O3. The molecule has 0 bridgehead atoms. The summed E-state index contributed by atoms with van der Waals surface area (Å²) in [6, 6.07) is 21.5. The number of hydrogen-bond acceptors (Lipinski definition) is 3. The second kappa shape index (κ2) is 10.9. The third kappa shape index (κ3) is 6.28. The van der Waals surface area contributed by atoms with Crippen LogP contribution in [0.1, 0.15) is 51.6 Å². The first-order valence-corrected chi connectivity index (χ1v) is 10.6. The lowest BCUT2D eigenvalue weighted by Crippen LogP contribution is -2.25. The monoisotopic (exact) mass is 429 g/mol. The van der Waals surface area contributed by atoms with Gasteiger partial charge in [-0.05, 0) is 49.2 Å². The summed E-state index contributed by atoms with van der Waals surface area (Å²) in [6.45, 7) is 4.33. The molecule has 3 N–H and O–H groups in total. The van der Waals surface area contributed by atoms with Gasteiger partial charge in [-0.1, -0.05) is 55.0 Å². The number of para-hydroxylation sites is 1. The zero-order chi connectivity index (χ0) is 22.9. The van der Waals surface area contributed by atoms with Crippen LogP contribution in [0.25, 0.3) is 0 Å². The van der Waals surface area contributed by atoms with Crippen molar-refractivity contribution in [2.75, 3.05) is 10.6 Å². The summed E-state index contributed by atoms with van der Waals surface area (Å²) < 4.78 is 0. The molecular weight excluding hydrogens is 402 g/mol. The Hall–Kier alpha value is -3.93. The van der Waals surface area contributed by atoms with E-state index in [1.807, 2.05) is 38.1 Å². The van der Waals surface area contributed by atoms with E-state index in [2.05, 4.69) is 16.0 Å². The number of benzene rings is 3. The number of carbonyl (C=O) groups excluding carboxylic acids is 3. The van der Waals surface area contributed by atoms with Crippen LogP contribution in [0.4, 0.5) is 11.4 Å². The van der Waals surface area contributed by atoms with Crippen molar-refractivity contribution >= 4 is 29.1 Å². The fourth-order valence-corrected chi connectivity index (χ4v) is 3.16. The van der Waals surface area contributed by atoms with Gasteiger partial charge in [0, 0.05) is 24.2 Å². The molecule has 0 unspecified atom stereocenters. The minimum Gasteiger partial charge on any atom is -0.348 e. The van der Waals surface area contributed by atoms with Gasteiger partial charge in [-0.2, -0.15) is 0 Å². The van der Waals surface area contributed by atoms with Gasteiger partial charge in [-0.3, -0.25) is 14.4 Å². The highest BCUT2D eigenvalue weighted by Gasteiger charge is 2.14. The lowest BCUT2D eigenvalue weighted by molar-refractivity contribution is -0.116. The minimum absolute atomic E-state index is 0.0966. The maximum Gasteiger partial charge on any atom is 0.255 e. The molecule has 164 valence electrons. The Balaban J connectivity index is 1.69. The topological polar surface area (TPSA) is 87.3 Å². The number of anilines is 2. The molecule has 0 heterocycles. The van der Waals surface area contributed by atoms with Gasteiger partial charge in [-0.25, -0.2) is 0 Å². The maximum atomic E-state index is 12.8. The number of aryl methyl sites for hydroxylation is 1. The Labute approximate surface area is 188 Å². The number of rotatable bonds is 8. The highest BCUT2D eigenvalue weighted by molar-refractivity contribution is 6.09. The molecule has 32 heavy (non-hydrogen) atoms. The van der Waals surface area contributed by atoms with Crippen LogP contribution < -0.4 is 16.0 Å². The predicted molar refractivity (Wildman–Crippen MR) is 127 cm³/mol. The molecule has 0 saturated carbocycles. The molecule has 3 aromatic rings. The summed E-state index contributed by atoms with van der Waals surface area (Å²) in [6.07, 6.45) is 1.16. The first-order valence-electron chi connectivity index (χ1n) is 10.6. The standard InChI is InChI=1S/C26H27N3O3/c1-3-7-24(30)28-21-9-6-8-20(16-21)25(31)29-23-11-5-4-10-22(23)26(32)27-17-19-14-12-18(2)13-15-19/h4-6,8-16H,3,7,17H2,1-2H3,(H,27,32)(H,28,30)(H,29,31). The molecule has 0 atom stereocenters. The van der Waals surface area contributed by atoms with Gasteiger partial charge < -0.3 is 16.0 Å². The molecule has 3 rings (SSSR count). The lowest BCUT2D eigenvalue weighted by Gasteiger charge is -2.12. The highest BCUT2D eigenvalue weighted by Crippen LogP contribution is 2.18. The molecule has 6 nitrogen and oxygen atoms in total. The van der Waals surface area contributed by atoms with Crippen molar-refractivity contribution in [1.82, 2.24) is 5.32 Å². The average Bonchev–Trinajstić information content (AvgIpc) is 2.79. The molecule has 0 spiro atoms. The van der Waals surface area contributed by atoms with Crippen molar-refractivity contribution in [3.63, 3.8) is 0 Å². The third-order valence-corrected chi connectivity index (χ3v) is 4.88. The lowest BCUT2D eigenvalue weighted by atomic mass is 10.1. The summed E-state index contributed by atoms with van der Waals surface area (Å²) in [7, 11) is 0. The van der Waals surface area contributed by atoms with Crippen LogP contribution in [0.3, 0.4) is 0 Å². The van der Waals surface area contributed by atoms with Gasteiger partial charge in [0.2, 0.25) is 5.91 Å². The molecule has 0 saturated heterocycles. The van der Waals surface area contributed by atoms with Gasteiger partial charge >= 0.3 is 0 Å². The zero-order valence-electron chi connectivity index (χ0n) is 18.3. The van der Waals surface area contributed by atoms with Crippen LogP contribution in [0.2, 0.25) is 0 Å². The summed E-state index contributed by atoms with van der Waals surface area (Å²) in [5, 5.41) is 8.48. The van der Waals surface area contributed by atoms with Crippen LogP contribution in [-0.4, -0.2) is 17.7 Å². The summed E-state index contributed by atoms with van der Waals surface area (Å²) in [5.41, 5.74) is 3.88. The van der Waals surface area contributed by atoms with E-state index in [-0.39, 0.29) is 17.7 Å². The smallest absolute Gasteiger partial charge is 0.255 e. The molecule has 3 amide bonds. The maximum absolute atomic E-state index is 12.8. The second-order valence-corrected chi connectivity index (χ2v) is 7.55. The van der Waals surface area contributed by atoms with E-state index in [4.69, 9.17) is 0 Å². The Bertz CT molecular complexity index is 1110. The summed E-state index contributed by atoms with van der Waals surface area (Å²) in [4.78, 5) is 37.4. The molecule has 0 radical (unpaired) electrons. The zero-order valence-corrected chi connectivity index (χ0v) is 18.3. The Morgan fingerprint density at radius 1 is 0.812 bits per heavy atom. The van der Waals surface area contributed by atoms with Crippen molar-refractivity contribution < 1.29 is 14.4 Å². The molecule has 6 heteroatoms. The fraction of sp³-hybridized carbons (Fsp3) is 0.192. The predicted octanol–water partition coefficient (Wildman–Crippen LogP) is 4.92. The van der Waals surface area contributed by atoms with E-state index < -0.39 is 0 Å². The summed E-state index contributed by atoms with van der Waals surface area (Å²) >= 11 is 0. The van der Waals surface area contributed by atoms with E-state index in [9.17, 15) is 14.4 Å². The van der Waals surface area contributed by atoms with Gasteiger partial charge in [0.15, 0.2) is 0 Å². The van der Waals surface area contributed by atoms with Crippen LogP contribution in [0.15, 0.2) is 72.8 Å². The Kier molecular flexibility index (Phi) is 7.75. The largest absolute Gasteiger partial charge is 0.348 e. The number of hydrogen-bond donors (Lipinski definition) is 3. The first kappa shape index (κ1) is 22.7. The van der Waals surface area contributed by atoms with Crippen molar-refractivity contribution in [2.45, 2.75) is 33.2 Å². The van der Waals surface area contributed by atoms with Gasteiger partial charge in [0.25, 0.3) is 11.8 Å². The molecule has 0 fully saturated rings. The van der Waals surface area contributed by atoms with Crippen LogP contribution in [0, 0.1) is 6.92 Å². The first-order chi connectivity index (χ1) is 15.5. The normalized spacial score (nSPS) is 10.3. The molecule has 0 aliphatic carbocycles. The van der Waals surface area contributed by atoms with E-state index in [1.54, 1.807) is 48.5 Å². The fourth-order valence-electron chi connectivity index (χ4n) is 3.16. The van der Waals surface area contributed by atoms with Crippen molar-refractivity contribution in [3.05, 3.63) is 95.1 Å². The number of nitrogens with one attached hydrogen (secondary N) is 3. The quantitative estimate of drug-likeness (QED) is 0.475. The SMILES string of the molecule is CCCC(=O)Nc1cccc(C(=O)Nc2ccccc2C(=O)NCc2ccc(C)cc2)c1. The van der Waals surface area contributed by atoms with Crippen LogP contribution >= 0.6 is 0 Å². The van der Waals surface area contributed by atoms with Gasteiger partial charge in [-0.15, -0.1) is 0 Å². The van der Waals surface area contributed by atoms with E-state index in [1.165, 1.54) is 0 Å². The third-order valence-electron chi connectivity index (χ3n) is 4.88. The van der Waals surface area contributed by atoms with E-state index >= 15 is 0 Å². The van der Waals surface area contributed by atoms with E-state index in [0.29, 0.717) is 35.5 Å². The Morgan fingerprint density at radius 3 is 2.31 bits per heavy atom. The second-order valence-electron chi connectivity index (χ2n) is 7.55. The number of carbonyl (C=O) groups is 3. The highest BCUT2D eigenvalue weighted by atomic mass is 16.2. The minimum atomic E-state index is -0.365. The Morgan fingerprint density at radius 2 is 1.56 bits per heavy atom. The molecule has 3 aromatic carbocycles. The average molecular weight is 430 g/mol. The van der Waals surface area contributed by atoms with Crippen LogP contribution in [-0.2, 0) is 11.3 Å². The van der Waals surface area contributed by atoms with Crippen molar-refractivity contribution in [3.8, 4) is 0 Å². The van der Waals surface area contributed by atoms with E-state index in [0.717, 1.165) is 17.5 Å². The van der Waals surface area contributed by atoms with Crippen molar-refractivity contribution in [2.24, 2.45) is 0 Å². The molecule has 0 aromatic heterocycles. The number of amides is 3. The van der Waals surface area contributed by atoms with Gasteiger partial charge in [0.1, 0.15) is 0 Å². The summed E-state index contributed by atoms with van der Waals surface area (Å²) in [5.74, 6) is -0.738. The molecule has 0 aliphatic rings.